The highest BCUT2D eigenvalue weighted by atomic mass is 15.0. The summed E-state index contributed by atoms with van der Waals surface area (Å²) in [6, 6.07) is 71.0. The summed E-state index contributed by atoms with van der Waals surface area (Å²) in [5.74, 6) is 1.89. The summed E-state index contributed by atoms with van der Waals surface area (Å²) in [5, 5.41) is 9.48. The van der Waals surface area contributed by atoms with E-state index in [1.54, 1.807) is 0 Å². The summed E-state index contributed by atoms with van der Waals surface area (Å²) in [6.07, 6.45) is 0. The fourth-order valence-electron chi connectivity index (χ4n) is 8.84. The molecule has 0 N–H and O–H groups in total. The van der Waals surface area contributed by atoms with Crippen LogP contribution >= 0.6 is 0 Å². The van der Waals surface area contributed by atoms with Gasteiger partial charge in [0, 0.05) is 49.6 Å². The van der Waals surface area contributed by atoms with E-state index in [1.165, 1.54) is 43.4 Å². The monoisotopic (exact) mass is 739 g/mol. The average molecular weight is 740 g/mol. The summed E-state index contributed by atoms with van der Waals surface area (Å²) in [4.78, 5) is 15.5. The first-order valence-corrected chi connectivity index (χ1v) is 19.6. The number of rotatable bonds is 5. The Balaban J connectivity index is 1.10. The van der Waals surface area contributed by atoms with Crippen molar-refractivity contribution < 1.29 is 0 Å². The van der Waals surface area contributed by atoms with Crippen LogP contribution in [-0.4, -0.2) is 24.1 Å². The average Bonchev–Trinajstić information content (AvgIpc) is 3.82. The number of hydrogen-bond acceptors (Lipinski definition) is 3. The molecule has 0 saturated carbocycles. The third-order valence-corrected chi connectivity index (χ3v) is 11.5. The van der Waals surface area contributed by atoms with Gasteiger partial charge in [0.05, 0.1) is 22.1 Å². The first kappa shape index (κ1) is 32.4. The van der Waals surface area contributed by atoms with Crippen LogP contribution in [0.5, 0.6) is 0 Å². The Bertz CT molecular complexity index is 3480. The van der Waals surface area contributed by atoms with Gasteiger partial charge in [0.1, 0.15) is 0 Å². The van der Waals surface area contributed by atoms with Crippen LogP contribution < -0.4 is 0 Å². The van der Waals surface area contributed by atoms with E-state index >= 15 is 0 Å². The molecule has 9 aromatic carbocycles. The molecule has 12 aromatic rings. The third kappa shape index (κ3) is 5.07. The van der Waals surface area contributed by atoms with Gasteiger partial charge in [-0.2, -0.15) is 0 Å². The highest BCUT2D eigenvalue weighted by Gasteiger charge is 2.21. The standard InChI is InChI=1S/C53H33N5/c1-2-18-41(19-3-1)57-47-24-11-9-22-45(47)49-48(57)30-29-44-43-21-8-10-23-46(43)58(50(44)49)42-20-12-17-38(33-42)51-54-52(39-27-25-34-13-4-6-15-36(34)31-39)56-53(55-51)40-28-26-35-14-5-7-16-37(35)32-40/h1-33H. The predicted molar refractivity (Wildman–Crippen MR) is 240 cm³/mol. The molecule has 0 atom stereocenters. The van der Waals surface area contributed by atoms with Gasteiger partial charge >= 0.3 is 0 Å². The summed E-state index contributed by atoms with van der Waals surface area (Å²) in [6.45, 7) is 0. The number of benzene rings is 9. The lowest BCUT2D eigenvalue weighted by Gasteiger charge is -2.13. The Kier molecular flexibility index (Phi) is 7.16. The molecule has 0 radical (unpaired) electrons. The van der Waals surface area contributed by atoms with E-state index in [4.69, 9.17) is 15.0 Å². The molecule has 0 spiro atoms. The number of hydrogen-bond donors (Lipinski definition) is 0. The number of aromatic nitrogens is 5. The second-order valence-electron chi connectivity index (χ2n) is 14.9. The van der Waals surface area contributed by atoms with Crippen LogP contribution in [0.15, 0.2) is 200 Å². The number of fused-ring (bicyclic) bond motifs is 9. The molecular weight excluding hydrogens is 707 g/mol. The molecule has 0 fully saturated rings. The molecule has 3 heterocycles. The van der Waals surface area contributed by atoms with Gasteiger partial charge in [0.25, 0.3) is 0 Å². The van der Waals surface area contributed by atoms with Crippen molar-refractivity contribution in [2.45, 2.75) is 0 Å². The Hall–Kier alpha value is -7.89. The van der Waals surface area contributed by atoms with Gasteiger partial charge in [0.15, 0.2) is 17.5 Å². The smallest absolute Gasteiger partial charge is 0.164 e. The van der Waals surface area contributed by atoms with Crippen molar-refractivity contribution in [1.82, 2.24) is 24.1 Å². The highest BCUT2D eigenvalue weighted by molar-refractivity contribution is 6.26. The third-order valence-electron chi connectivity index (χ3n) is 11.5. The second kappa shape index (κ2) is 12.8. The first-order valence-electron chi connectivity index (χ1n) is 19.6. The van der Waals surface area contributed by atoms with Gasteiger partial charge in [-0.25, -0.2) is 15.0 Å². The van der Waals surface area contributed by atoms with Crippen molar-refractivity contribution >= 4 is 65.2 Å². The molecular formula is C53H33N5. The van der Waals surface area contributed by atoms with Gasteiger partial charge in [-0.1, -0.05) is 146 Å². The van der Waals surface area contributed by atoms with Crippen molar-refractivity contribution in [3.05, 3.63) is 200 Å². The molecule has 0 aliphatic carbocycles. The van der Waals surface area contributed by atoms with E-state index in [0.29, 0.717) is 17.5 Å². The topological polar surface area (TPSA) is 48.5 Å². The normalized spacial score (nSPS) is 11.8. The van der Waals surface area contributed by atoms with Crippen molar-refractivity contribution in [3.63, 3.8) is 0 Å². The Morgan fingerprint density at radius 3 is 1.47 bits per heavy atom. The molecule has 0 unspecified atom stereocenters. The molecule has 0 amide bonds. The van der Waals surface area contributed by atoms with Crippen molar-refractivity contribution in [3.8, 4) is 45.5 Å². The van der Waals surface area contributed by atoms with Crippen molar-refractivity contribution in [2.24, 2.45) is 0 Å². The predicted octanol–water partition coefficient (Wildman–Crippen LogP) is 13.4. The van der Waals surface area contributed by atoms with Gasteiger partial charge in [0.2, 0.25) is 0 Å². The molecule has 5 nitrogen and oxygen atoms in total. The molecule has 0 aliphatic heterocycles. The minimum Gasteiger partial charge on any atom is -0.309 e. The zero-order valence-electron chi connectivity index (χ0n) is 31.3. The van der Waals surface area contributed by atoms with E-state index < -0.39 is 0 Å². The van der Waals surface area contributed by atoms with Crippen LogP contribution in [-0.2, 0) is 0 Å². The van der Waals surface area contributed by atoms with E-state index in [2.05, 4.69) is 209 Å². The second-order valence-corrected chi connectivity index (χ2v) is 14.9. The molecule has 0 aliphatic rings. The Morgan fingerprint density at radius 2 is 0.810 bits per heavy atom. The maximum atomic E-state index is 5.21. The van der Waals surface area contributed by atoms with Gasteiger partial charge in [-0.15, -0.1) is 0 Å². The van der Waals surface area contributed by atoms with Crippen LogP contribution in [0.3, 0.4) is 0 Å². The lowest BCUT2D eigenvalue weighted by Crippen LogP contribution is -2.01. The SMILES string of the molecule is c1ccc(-n2c3ccccc3c3c2ccc2c4ccccc4n(-c4cccc(-c5nc(-c6ccc7ccccc7c6)nc(-c6ccc7ccccc7c6)n5)c4)c23)cc1. The zero-order valence-corrected chi connectivity index (χ0v) is 31.3. The van der Waals surface area contributed by atoms with E-state index in [-0.39, 0.29) is 0 Å². The van der Waals surface area contributed by atoms with Crippen LogP contribution in [0.2, 0.25) is 0 Å². The summed E-state index contributed by atoms with van der Waals surface area (Å²) < 4.78 is 4.81. The number of nitrogens with zero attached hydrogens (tertiary/aromatic N) is 5. The van der Waals surface area contributed by atoms with E-state index in [0.717, 1.165) is 49.9 Å². The lowest BCUT2D eigenvalue weighted by atomic mass is 10.1. The van der Waals surface area contributed by atoms with Crippen LogP contribution in [0.1, 0.15) is 0 Å². The Morgan fingerprint density at radius 1 is 0.293 bits per heavy atom. The van der Waals surface area contributed by atoms with Crippen LogP contribution in [0, 0.1) is 0 Å². The van der Waals surface area contributed by atoms with Crippen molar-refractivity contribution in [2.75, 3.05) is 0 Å². The lowest BCUT2D eigenvalue weighted by molar-refractivity contribution is 1.07. The van der Waals surface area contributed by atoms with Crippen LogP contribution in [0.4, 0.5) is 0 Å². The maximum absolute atomic E-state index is 5.21. The molecule has 58 heavy (non-hydrogen) atoms. The zero-order chi connectivity index (χ0) is 38.2. The first-order chi connectivity index (χ1) is 28.7. The van der Waals surface area contributed by atoms with Gasteiger partial charge in [-0.05, 0) is 76.1 Å². The van der Waals surface area contributed by atoms with Gasteiger partial charge < -0.3 is 9.13 Å². The van der Waals surface area contributed by atoms with E-state index in [9.17, 15) is 0 Å². The molecule has 270 valence electrons. The molecule has 3 aromatic heterocycles. The van der Waals surface area contributed by atoms with Crippen LogP contribution in [0.25, 0.3) is 111 Å². The largest absolute Gasteiger partial charge is 0.309 e. The maximum Gasteiger partial charge on any atom is 0.164 e. The molecule has 0 bridgehead atoms. The number of para-hydroxylation sites is 3. The highest BCUT2D eigenvalue weighted by Crippen LogP contribution is 2.42. The fraction of sp³-hybridized carbons (Fsp3) is 0. The summed E-state index contributed by atoms with van der Waals surface area (Å²) in [5.41, 5.74) is 9.62. The quantitative estimate of drug-likeness (QED) is 0.177. The molecule has 12 rings (SSSR count). The minimum atomic E-state index is 0.620. The molecule has 5 heteroatoms. The Labute approximate surface area is 333 Å². The minimum absolute atomic E-state index is 0.620. The summed E-state index contributed by atoms with van der Waals surface area (Å²) >= 11 is 0. The van der Waals surface area contributed by atoms with Gasteiger partial charge in [-0.3, -0.25) is 0 Å². The van der Waals surface area contributed by atoms with Crippen molar-refractivity contribution in [1.29, 1.82) is 0 Å². The fourth-order valence-corrected chi connectivity index (χ4v) is 8.84. The van der Waals surface area contributed by atoms with E-state index in [1.807, 2.05) is 0 Å². The molecule has 0 saturated heterocycles. The summed E-state index contributed by atoms with van der Waals surface area (Å²) in [7, 11) is 0.